The van der Waals surface area contributed by atoms with E-state index in [2.05, 4.69) is 16.1 Å². The molecule has 0 radical (unpaired) electrons. The number of anilines is 1. The molecule has 0 fully saturated rings. The molecule has 1 aromatic carbocycles. The lowest BCUT2D eigenvalue weighted by molar-refractivity contribution is -0.122. The lowest BCUT2D eigenvalue weighted by atomic mass is 9.91. The van der Waals surface area contributed by atoms with Gasteiger partial charge in [-0.2, -0.15) is 10.2 Å². The molecule has 24 heavy (non-hydrogen) atoms. The first-order chi connectivity index (χ1) is 11.5. The normalized spacial score (nSPS) is 20.1. The summed E-state index contributed by atoms with van der Waals surface area (Å²) in [5.41, 5.74) is 6.84. The third-order valence-electron chi connectivity index (χ3n) is 4.65. The summed E-state index contributed by atoms with van der Waals surface area (Å²) in [7, 11) is 0. The van der Waals surface area contributed by atoms with Gasteiger partial charge in [0.05, 0.1) is 5.92 Å². The molecule has 3 rings (SSSR count). The van der Waals surface area contributed by atoms with Crippen LogP contribution >= 0.6 is 0 Å². The molecular formula is C18H20N4O2. The van der Waals surface area contributed by atoms with Crippen LogP contribution in [0.1, 0.15) is 31.2 Å². The molecule has 1 atom stereocenters. The van der Waals surface area contributed by atoms with E-state index < -0.39 is 5.66 Å². The van der Waals surface area contributed by atoms with Gasteiger partial charge in [0.25, 0.3) is 0 Å². The maximum atomic E-state index is 12.7. The molecular weight excluding hydrogens is 304 g/mol. The molecule has 0 saturated carbocycles. The van der Waals surface area contributed by atoms with Crippen LogP contribution < -0.4 is 10.6 Å². The minimum Gasteiger partial charge on any atom is -0.369 e. The number of para-hydroxylation sites is 1. The highest BCUT2D eigenvalue weighted by atomic mass is 16.2. The Hall–Kier alpha value is -2.68. The molecule has 2 amide bonds. The van der Waals surface area contributed by atoms with Crippen molar-refractivity contribution in [2.45, 2.75) is 37.8 Å². The minimum absolute atomic E-state index is 0.0363. The molecule has 0 aliphatic carbocycles. The van der Waals surface area contributed by atoms with Crippen molar-refractivity contribution >= 4 is 17.5 Å². The Balaban J connectivity index is 1.69. The van der Waals surface area contributed by atoms with Crippen molar-refractivity contribution in [3.05, 3.63) is 29.8 Å². The fraction of sp³-hybridized carbons (Fsp3) is 0.444. The largest absolute Gasteiger partial charge is 0.369 e. The van der Waals surface area contributed by atoms with Gasteiger partial charge in [0, 0.05) is 37.9 Å². The van der Waals surface area contributed by atoms with E-state index in [1.54, 1.807) is 4.90 Å². The van der Waals surface area contributed by atoms with E-state index in [0.717, 1.165) is 11.3 Å². The summed E-state index contributed by atoms with van der Waals surface area (Å²) < 4.78 is 0. The van der Waals surface area contributed by atoms with Gasteiger partial charge in [0.1, 0.15) is 0 Å². The molecule has 0 bridgehead atoms. The van der Waals surface area contributed by atoms with Crippen LogP contribution in [-0.2, 0) is 16.0 Å². The number of hydrogen-bond acceptors (Lipinski definition) is 4. The Morgan fingerprint density at radius 3 is 2.75 bits per heavy atom. The second-order valence-electron chi connectivity index (χ2n) is 6.32. The van der Waals surface area contributed by atoms with Crippen molar-refractivity contribution in [1.82, 2.24) is 0 Å². The smallest absolute Gasteiger partial charge is 0.227 e. The third kappa shape index (κ3) is 3.30. The first kappa shape index (κ1) is 16.2. The number of nitrogens with zero attached hydrogens (tertiary/aromatic N) is 3. The zero-order valence-corrected chi connectivity index (χ0v) is 13.4. The van der Waals surface area contributed by atoms with Gasteiger partial charge in [-0.05, 0) is 18.1 Å². The number of carbonyl (C=O) groups is 2. The molecule has 6 nitrogen and oxygen atoms in total. The molecule has 2 heterocycles. The van der Waals surface area contributed by atoms with Crippen LogP contribution in [0.15, 0.2) is 34.5 Å². The Morgan fingerprint density at radius 2 is 2.08 bits per heavy atom. The first-order valence-corrected chi connectivity index (χ1v) is 8.10. The topological polar surface area (TPSA) is 88.1 Å². The lowest BCUT2D eigenvalue weighted by Gasteiger charge is -2.33. The summed E-state index contributed by atoms with van der Waals surface area (Å²) in [6.45, 7) is 0.330. The maximum absolute atomic E-state index is 12.7. The Kier molecular flexibility index (Phi) is 4.34. The number of amides is 2. The Bertz CT molecular complexity index is 729. The molecule has 1 aromatic rings. The van der Waals surface area contributed by atoms with Gasteiger partial charge in [-0.3, -0.25) is 9.59 Å². The van der Waals surface area contributed by atoms with Gasteiger partial charge in [-0.25, -0.2) is 0 Å². The van der Waals surface area contributed by atoms with Crippen LogP contribution in [0.5, 0.6) is 0 Å². The third-order valence-corrected chi connectivity index (χ3v) is 4.65. The highest BCUT2D eigenvalue weighted by molar-refractivity contribution is 5.96. The molecule has 0 spiro atoms. The van der Waals surface area contributed by atoms with E-state index in [9.17, 15) is 9.59 Å². The van der Waals surface area contributed by atoms with E-state index in [4.69, 9.17) is 12.2 Å². The van der Waals surface area contributed by atoms with Crippen LogP contribution in [0, 0.1) is 18.3 Å². The molecule has 0 saturated heterocycles. The second-order valence-corrected chi connectivity index (χ2v) is 6.32. The minimum atomic E-state index is -0.472. The predicted molar refractivity (Wildman–Crippen MR) is 90.1 cm³/mol. The molecule has 2 N–H and O–H groups in total. The van der Waals surface area contributed by atoms with Crippen LogP contribution in [0.2, 0.25) is 0 Å². The van der Waals surface area contributed by atoms with Crippen molar-refractivity contribution in [3.8, 4) is 12.3 Å². The van der Waals surface area contributed by atoms with E-state index >= 15 is 0 Å². The molecule has 2 aliphatic rings. The van der Waals surface area contributed by atoms with Crippen molar-refractivity contribution < 1.29 is 9.59 Å². The summed E-state index contributed by atoms with van der Waals surface area (Å²) in [5, 5.41) is 8.12. The summed E-state index contributed by atoms with van der Waals surface area (Å²) >= 11 is 0. The van der Waals surface area contributed by atoms with Gasteiger partial charge >= 0.3 is 0 Å². The van der Waals surface area contributed by atoms with Gasteiger partial charge in [-0.15, -0.1) is 12.3 Å². The zero-order chi connectivity index (χ0) is 17.2. The van der Waals surface area contributed by atoms with Crippen molar-refractivity contribution in [2.24, 2.45) is 21.9 Å². The molecule has 124 valence electrons. The van der Waals surface area contributed by atoms with Gasteiger partial charge < -0.3 is 10.6 Å². The number of carbonyl (C=O) groups excluding carboxylic acids is 2. The van der Waals surface area contributed by atoms with Gasteiger partial charge in [0.15, 0.2) is 5.66 Å². The van der Waals surface area contributed by atoms with Crippen molar-refractivity contribution in [3.63, 3.8) is 0 Å². The average molecular weight is 324 g/mol. The quantitative estimate of drug-likeness (QED) is 0.812. The zero-order valence-electron chi connectivity index (χ0n) is 13.4. The van der Waals surface area contributed by atoms with Crippen LogP contribution in [-0.4, -0.2) is 24.0 Å². The number of nitrogens with two attached hydrogens (primary N) is 1. The summed E-state index contributed by atoms with van der Waals surface area (Å²) in [5.74, 6) is 1.82. The molecule has 6 heteroatoms. The van der Waals surface area contributed by atoms with Crippen molar-refractivity contribution in [1.29, 1.82) is 0 Å². The van der Waals surface area contributed by atoms with Crippen LogP contribution in [0.25, 0.3) is 0 Å². The van der Waals surface area contributed by atoms with E-state index in [-0.39, 0.29) is 17.7 Å². The van der Waals surface area contributed by atoms with Gasteiger partial charge in [-0.1, -0.05) is 18.2 Å². The highest BCUT2D eigenvalue weighted by Crippen LogP contribution is 2.38. The molecule has 2 aliphatic heterocycles. The van der Waals surface area contributed by atoms with E-state index in [1.807, 2.05) is 24.3 Å². The lowest BCUT2D eigenvalue weighted by Crippen LogP contribution is -2.44. The molecule has 0 aromatic heterocycles. The second kappa shape index (κ2) is 6.44. The summed E-state index contributed by atoms with van der Waals surface area (Å²) in [6.07, 6.45) is 7.99. The SMILES string of the molecule is C#CCCC1(CCC(=O)N2CC(C(N)=O)Cc3ccccc32)N=N1. The van der Waals surface area contributed by atoms with E-state index in [0.29, 0.717) is 38.6 Å². The highest BCUT2D eigenvalue weighted by Gasteiger charge is 2.40. The number of benzene rings is 1. The average Bonchev–Trinajstić information content (AvgIpc) is 3.37. The fourth-order valence-corrected chi connectivity index (χ4v) is 3.13. The summed E-state index contributed by atoms with van der Waals surface area (Å²) in [4.78, 5) is 26.0. The number of primary amides is 1. The monoisotopic (exact) mass is 324 g/mol. The standard InChI is InChI=1S/C18H20N4O2/c1-2-3-9-18(20-21-18)10-8-16(23)22-12-14(17(19)24)11-13-6-4-5-7-15(13)22/h1,4-7,14H,3,8-12H2,(H2,19,24). The van der Waals surface area contributed by atoms with Crippen LogP contribution in [0.3, 0.4) is 0 Å². The Morgan fingerprint density at radius 1 is 1.33 bits per heavy atom. The number of terminal acetylenes is 1. The Labute approximate surface area is 141 Å². The fourth-order valence-electron chi connectivity index (χ4n) is 3.13. The first-order valence-electron chi connectivity index (χ1n) is 8.10. The molecule has 1 unspecified atom stereocenters. The van der Waals surface area contributed by atoms with Crippen molar-refractivity contribution in [2.75, 3.05) is 11.4 Å². The summed E-state index contributed by atoms with van der Waals surface area (Å²) in [6, 6.07) is 7.64. The number of hydrogen-bond donors (Lipinski definition) is 1. The number of fused-ring (bicyclic) bond motifs is 1. The predicted octanol–water partition coefficient (Wildman–Crippen LogP) is 2.03. The van der Waals surface area contributed by atoms with Gasteiger partial charge in [0.2, 0.25) is 11.8 Å². The van der Waals surface area contributed by atoms with Crippen LogP contribution in [0.4, 0.5) is 5.69 Å². The maximum Gasteiger partial charge on any atom is 0.227 e. The number of rotatable bonds is 6. The van der Waals surface area contributed by atoms with E-state index in [1.165, 1.54) is 0 Å².